The Bertz CT molecular complexity index is 769. The maximum absolute atomic E-state index is 12.7. The van der Waals surface area contributed by atoms with Gasteiger partial charge >= 0.3 is 6.03 Å². The summed E-state index contributed by atoms with van der Waals surface area (Å²) in [6.45, 7) is 3.18. The number of rotatable bonds is 4. The van der Waals surface area contributed by atoms with E-state index in [9.17, 15) is 9.59 Å². The lowest BCUT2D eigenvalue weighted by atomic mass is 9.96. The van der Waals surface area contributed by atoms with Crippen LogP contribution in [-0.2, 0) is 0 Å². The predicted molar refractivity (Wildman–Crippen MR) is 123 cm³/mol. The zero-order chi connectivity index (χ0) is 21.6. The molecule has 0 bridgehead atoms. The lowest BCUT2D eigenvalue weighted by Crippen LogP contribution is -2.50. The maximum atomic E-state index is 12.7. The molecule has 4 rings (SSSR count). The van der Waals surface area contributed by atoms with Gasteiger partial charge in [-0.05, 0) is 51.0 Å². The van der Waals surface area contributed by atoms with Crippen LogP contribution in [0.5, 0.6) is 0 Å². The number of nitrogens with one attached hydrogen (secondary N) is 2. The van der Waals surface area contributed by atoms with Crippen molar-refractivity contribution in [3.8, 4) is 0 Å². The summed E-state index contributed by atoms with van der Waals surface area (Å²) in [4.78, 5) is 33.6. The summed E-state index contributed by atoms with van der Waals surface area (Å²) in [5.74, 6) is 0.745. The number of carbonyl (C=O) groups is 2. The third kappa shape index (κ3) is 5.82. The number of nitrogens with zero attached hydrogens (tertiary/aromatic N) is 3. The molecule has 170 valence electrons. The van der Waals surface area contributed by atoms with Crippen LogP contribution in [0.4, 0.5) is 10.6 Å². The summed E-state index contributed by atoms with van der Waals surface area (Å²) in [5, 5.41) is 6.78. The van der Waals surface area contributed by atoms with Crippen LogP contribution < -0.4 is 15.5 Å². The van der Waals surface area contributed by atoms with Gasteiger partial charge in [0.25, 0.3) is 5.91 Å². The molecule has 3 heterocycles. The smallest absolute Gasteiger partial charge is 0.315 e. The van der Waals surface area contributed by atoms with Crippen LogP contribution in [0.2, 0.25) is 5.02 Å². The van der Waals surface area contributed by atoms with Gasteiger partial charge in [-0.25, -0.2) is 9.78 Å². The normalized spacial score (nSPS) is 21.1. The average molecular weight is 448 g/mol. The Morgan fingerprint density at radius 2 is 1.48 bits per heavy atom. The molecule has 3 aliphatic rings. The van der Waals surface area contributed by atoms with Crippen molar-refractivity contribution < 1.29 is 9.59 Å². The maximum Gasteiger partial charge on any atom is 0.315 e. The van der Waals surface area contributed by atoms with Gasteiger partial charge in [0.1, 0.15) is 5.82 Å². The molecule has 3 fully saturated rings. The van der Waals surface area contributed by atoms with E-state index in [-0.39, 0.29) is 18.0 Å². The first-order valence-electron chi connectivity index (χ1n) is 11.9. The lowest BCUT2D eigenvalue weighted by molar-refractivity contribution is 0.0724. The van der Waals surface area contributed by atoms with Gasteiger partial charge in [-0.15, -0.1) is 0 Å². The minimum absolute atomic E-state index is 0.0209. The SMILES string of the molecule is O=C(NC1CCCCC1)NC1CCN(c2ncc(C(=O)N3CCCCC3)cc2Cl)CC1. The van der Waals surface area contributed by atoms with Crippen molar-refractivity contribution in [2.24, 2.45) is 0 Å². The van der Waals surface area contributed by atoms with E-state index in [4.69, 9.17) is 11.6 Å². The first kappa shape index (κ1) is 22.2. The van der Waals surface area contributed by atoms with Crippen molar-refractivity contribution in [3.63, 3.8) is 0 Å². The molecule has 31 heavy (non-hydrogen) atoms. The minimum Gasteiger partial charge on any atom is -0.355 e. The van der Waals surface area contributed by atoms with Gasteiger partial charge in [0.05, 0.1) is 10.6 Å². The molecule has 0 atom stereocenters. The summed E-state index contributed by atoms with van der Waals surface area (Å²) in [6, 6.07) is 2.20. The van der Waals surface area contributed by atoms with Crippen LogP contribution in [0.1, 0.15) is 74.6 Å². The van der Waals surface area contributed by atoms with Gasteiger partial charge in [0.15, 0.2) is 0 Å². The Balaban J connectivity index is 1.27. The van der Waals surface area contributed by atoms with E-state index in [0.717, 1.165) is 70.5 Å². The van der Waals surface area contributed by atoms with E-state index in [2.05, 4.69) is 20.5 Å². The fraction of sp³-hybridized carbons (Fsp3) is 0.696. The number of aromatic nitrogens is 1. The van der Waals surface area contributed by atoms with Gasteiger partial charge < -0.3 is 20.4 Å². The van der Waals surface area contributed by atoms with Crippen LogP contribution >= 0.6 is 11.6 Å². The Morgan fingerprint density at radius 3 is 2.13 bits per heavy atom. The van der Waals surface area contributed by atoms with Gasteiger partial charge in [0.2, 0.25) is 0 Å². The molecule has 1 aromatic heterocycles. The number of piperidine rings is 2. The minimum atomic E-state index is -0.0397. The average Bonchev–Trinajstić information content (AvgIpc) is 2.80. The third-order valence-electron chi connectivity index (χ3n) is 6.78. The number of hydrogen-bond donors (Lipinski definition) is 2. The van der Waals surface area contributed by atoms with Gasteiger partial charge in [-0.1, -0.05) is 30.9 Å². The number of pyridine rings is 1. The number of hydrogen-bond acceptors (Lipinski definition) is 4. The number of carbonyl (C=O) groups excluding carboxylic acids is 2. The van der Waals surface area contributed by atoms with Crippen molar-refractivity contribution in [2.45, 2.75) is 76.3 Å². The van der Waals surface area contributed by atoms with Crippen molar-refractivity contribution in [3.05, 3.63) is 22.8 Å². The Hall–Kier alpha value is -2.02. The third-order valence-corrected chi connectivity index (χ3v) is 7.06. The number of amides is 3. The molecule has 1 saturated carbocycles. The Kier molecular flexibility index (Phi) is 7.54. The number of halogens is 1. The standard InChI is InChI=1S/C23H34ClN5O2/c24-20-15-17(22(30)29-11-5-2-6-12-29)16-25-21(20)28-13-9-19(10-14-28)27-23(31)26-18-7-3-1-4-8-18/h15-16,18-19H,1-14H2,(H2,26,27,31). The van der Waals surface area contributed by atoms with Crippen LogP contribution in [0.25, 0.3) is 0 Å². The first-order chi connectivity index (χ1) is 15.1. The summed E-state index contributed by atoms with van der Waals surface area (Å²) < 4.78 is 0. The number of likely N-dealkylation sites (tertiary alicyclic amines) is 1. The largest absolute Gasteiger partial charge is 0.355 e. The van der Waals surface area contributed by atoms with Gasteiger partial charge in [0, 0.05) is 44.5 Å². The molecule has 2 aliphatic heterocycles. The summed E-state index contributed by atoms with van der Waals surface area (Å²) in [5.41, 5.74) is 0.562. The molecule has 0 radical (unpaired) electrons. The monoisotopic (exact) mass is 447 g/mol. The van der Waals surface area contributed by atoms with Gasteiger partial charge in [-0.2, -0.15) is 0 Å². The molecule has 0 unspecified atom stereocenters. The highest BCUT2D eigenvalue weighted by Gasteiger charge is 2.25. The molecule has 2 saturated heterocycles. The molecular formula is C23H34ClN5O2. The van der Waals surface area contributed by atoms with Crippen molar-refractivity contribution in [1.29, 1.82) is 0 Å². The second-order valence-corrected chi connectivity index (χ2v) is 9.50. The van der Waals surface area contributed by atoms with Crippen LogP contribution in [0.15, 0.2) is 12.3 Å². The quantitative estimate of drug-likeness (QED) is 0.732. The topological polar surface area (TPSA) is 77.6 Å². The summed E-state index contributed by atoms with van der Waals surface area (Å²) in [6.07, 6.45) is 12.5. The molecule has 2 N–H and O–H groups in total. The van der Waals surface area contributed by atoms with E-state index in [1.807, 2.05) is 4.90 Å². The molecule has 0 spiro atoms. The highest BCUT2D eigenvalue weighted by molar-refractivity contribution is 6.33. The van der Waals surface area contributed by atoms with E-state index in [1.54, 1.807) is 12.3 Å². The molecule has 0 aromatic carbocycles. The highest BCUT2D eigenvalue weighted by Crippen LogP contribution is 2.28. The van der Waals surface area contributed by atoms with Gasteiger partial charge in [-0.3, -0.25) is 4.79 Å². The van der Waals surface area contributed by atoms with Crippen LogP contribution in [0, 0.1) is 0 Å². The van der Waals surface area contributed by atoms with Crippen molar-refractivity contribution in [2.75, 3.05) is 31.1 Å². The van der Waals surface area contributed by atoms with E-state index in [1.165, 1.54) is 25.7 Å². The molecule has 1 aromatic rings. The number of urea groups is 1. The van der Waals surface area contributed by atoms with Crippen LogP contribution in [0.3, 0.4) is 0 Å². The fourth-order valence-corrected chi connectivity index (χ4v) is 5.24. The van der Waals surface area contributed by atoms with Crippen LogP contribution in [-0.4, -0.2) is 60.1 Å². The van der Waals surface area contributed by atoms with E-state index >= 15 is 0 Å². The Labute approximate surface area is 189 Å². The first-order valence-corrected chi connectivity index (χ1v) is 12.2. The predicted octanol–water partition coefficient (Wildman–Crippen LogP) is 3.96. The fourth-order valence-electron chi connectivity index (χ4n) is 4.95. The number of anilines is 1. The summed E-state index contributed by atoms with van der Waals surface area (Å²) in [7, 11) is 0. The summed E-state index contributed by atoms with van der Waals surface area (Å²) >= 11 is 6.52. The second-order valence-electron chi connectivity index (χ2n) is 9.10. The zero-order valence-corrected chi connectivity index (χ0v) is 19.0. The Morgan fingerprint density at radius 1 is 0.871 bits per heavy atom. The molecule has 8 heteroatoms. The van der Waals surface area contributed by atoms with Crippen molar-refractivity contribution >= 4 is 29.4 Å². The van der Waals surface area contributed by atoms with E-state index in [0.29, 0.717) is 16.6 Å². The molecular weight excluding hydrogens is 414 g/mol. The molecule has 3 amide bonds. The zero-order valence-electron chi connectivity index (χ0n) is 18.2. The molecule has 7 nitrogen and oxygen atoms in total. The second kappa shape index (κ2) is 10.5. The van der Waals surface area contributed by atoms with Crippen molar-refractivity contribution in [1.82, 2.24) is 20.5 Å². The molecule has 1 aliphatic carbocycles. The van der Waals surface area contributed by atoms with E-state index < -0.39 is 0 Å². The lowest BCUT2D eigenvalue weighted by Gasteiger charge is -2.34. The highest BCUT2D eigenvalue weighted by atomic mass is 35.5.